The number of nitrogens with one attached hydrogen (secondary N) is 1. The molecule has 1 amide bonds. The van der Waals surface area contributed by atoms with Crippen molar-refractivity contribution in [2.24, 2.45) is 0 Å². The van der Waals surface area contributed by atoms with E-state index in [-0.39, 0.29) is 24.5 Å². The molecular formula is C20H20F3N5O3. The monoisotopic (exact) mass is 435 g/mol. The molecule has 0 unspecified atom stereocenters. The van der Waals surface area contributed by atoms with Crippen molar-refractivity contribution in [3.8, 4) is 11.5 Å². The number of anilines is 1. The first-order valence-electron chi connectivity index (χ1n) is 9.72. The number of benzene rings is 1. The average Bonchev–Trinajstić information content (AvgIpc) is 3.00. The van der Waals surface area contributed by atoms with Crippen molar-refractivity contribution in [1.29, 1.82) is 0 Å². The van der Waals surface area contributed by atoms with Crippen LogP contribution in [0.2, 0.25) is 0 Å². The summed E-state index contributed by atoms with van der Waals surface area (Å²) in [4.78, 5) is 20.0. The van der Waals surface area contributed by atoms with Gasteiger partial charge in [0.1, 0.15) is 0 Å². The van der Waals surface area contributed by atoms with Crippen LogP contribution in [0.15, 0.2) is 18.2 Å². The molecule has 0 saturated carbocycles. The second kappa shape index (κ2) is 8.05. The Kier molecular flexibility index (Phi) is 5.42. The number of rotatable bonds is 4. The van der Waals surface area contributed by atoms with E-state index in [1.807, 2.05) is 0 Å². The summed E-state index contributed by atoms with van der Waals surface area (Å²) < 4.78 is 51.0. The van der Waals surface area contributed by atoms with Gasteiger partial charge in [-0.3, -0.25) is 4.79 Å². The molecule has 8 nitrogen and oxygen atoms in total. The molecule has 1 aliphatic rings. The third kappa shape index (κ3) is 4.39. The highest BCUT2D eigenvalue weighted by molar-refractivity contribution is 5.91. The van der Waals surface area contributed by atoms with Crippen LogP contribution in [-0.2, 0) is 17.4 Å². The van der Waals surface area contributed by atoms with Crippen LogP contribution in [0.5, 0.6) is 11.5 Å². The first kappa shape index (κ1) is 20.9. The summed E-state index contributed by atoms with van der Waals surface area (Å²) in [6, 6.07) is 5.17. The highest BCUT2D eigenvalue weighted by Gasteiger charge is 2.37. The topological polar surface area (TPSA) is 90.6 Å². The number of alkyl halides is 3. The molecule has 1 N–H and O–H groups in total. The second-order valence-corrected chi connectivity index (χ2v) is 7.17. The SMILES string of the molecule is Cc1nc2nc(C(F)(F)F)nn2c(C)c1CCC(=O)Nc1ccc2c(c1)OCCCO2. The normalized spacial score (nSPS) is 13.8. The molecule has 0 saturated heterocycles. The molecule has 0 bridgehead atoms. The van der Waals surface area contributed by atoms with Crippen LogP contribution in [0, 0.1) is 13.8 Å². The lowest BCUT2D eigenvalue weighted by Crippen LogP contribution is -2.14. The van der Waals surface area contributed by atoms with Gasteiger partial charge in [-0.1, -0.05) is 0 Å². The lowest BCUT2D eigenvalue weighted by Gasteiger charge is -2.12. The lowest BCUT2D eigenvalue weighted by molar-refractivity contribution is -0.144. The zero-order chi connectivity index (χ0) is 22.2. The molecule has 31 heavy (non-hydrogen) atoms. The molecule has 0 radical (unpaired) electrons. The highest BCUT2D eigenvalue weighted by Crippen LogP contribution is 2.32. The molecule has 1 aliphatic heterocycles. The molecule has 1 aromatic carbocycles. The van der Waals surface area contributed by atoms with Gasteiger partial charge in [0.25, 0.3) is 11.6 Å². The fourth-order valence-corrected chi connectivity index (χ4v) is 3.39. The molecule has 3 aromatic rings. The third-order valence-corrected chi connectivity index (χ3v) is 4.94. The number of hydrogen-bond acceptors (Lipinski definition) is 6. The number of aryl methyl sites for hydroxylation is 2. The summed E-state index contributed by atoms with van der Waals surface area (Å²) in [7, 11) is 0. The van der Waals surface area contributed by atoms with Crippen molar-refractivity contribution < 1.29 is 27.4 Å². The van der Waals surface area contributed by atoms with Gasteiger partial charge in [0, 0.05) is 36.0 Å². The van der Waals surface area contributed by atoms with E-state index in [1.165, 1.54) is 0 Å². The number of carbonyl (C=O) groups excluding carboxylic acids is 1. The second-order valence-electron chi connectivity index (χ2n) is 7.17. The van der Waals surface area contributed by atoms with Gasteiger partial charge in [-0.05, 0) is 38.0 Å². The Bertz CT molecular complexity index is 1140. The number of hydrogen-bond donors (Lipinski definition) is 1. The van der Waals surface area contributed by atoms with Crippen molar-refractivity contribution in [3.63, 3.8) is 0 Å². The van der Waals surface area contributed by atoms with Gasteiger partial charge in [0.2, 0.25) is 5.91 Å². The lowest BCUT2D eigenvalue weighted by atomic mass is 10.1. The molecule has 164 valence electrons. The Morgan fingerprint density at radius 1 is 1.16 bits per heavy atom. The van der Waals surface area contributed by atoms with Crippen LogP contribution in [0.1, 0.15) is 35.6 Å². The molecular weight excluding hydrogens is 415 g/mol. The summed E-state index contributed by atoms with van der Waals surface area (Å²) in [5.74, 6) is -0.409. The van der Waals surface area contributed by atoms with Crippen LogP contribution < -0.4 is 14.8 Å². The Balaban J connectivity index is 1.47. The van der Waals surface area contributed by atoms with E-state index in [9.17, 15) is 18.0 Å². The smallest absolute Gasteiger partial charge is 0.453 e. The van der Waals surface area contributed by atoms with Gasteiger partial charge < -0.3 is 14.8 Å². The predicted molar refractivity (Wildman–Crippen MR) is 104 cm³/mol. The summed E-state index contributed by atoms with van der Waals surface area (Å²) in [5.41, 5.74) is 2.20. The van der Waals surface area contributed by atoms with Crippen molar-refractivity contribution >= 4 is 17.4 Å². The van der Waals surface area contributed by atoms with Gasteiger partial charge in [0.15, 0.2) is 11.5 Å². The van der Waals surface area contributed by atoms with Gasteiger partial charge in [0.05, 0.1) is 13.2 Å². The zero-order valence-corrected chi connectivity index (χ0v) is 16.9. The van der Waals surface area contributed by atoms with Gasteiger partial charge in [-0.2, -0.15) is 18.2 Å². The van der Waals surface area contributed by atoms with Gasteiger partial charge in [-0.15, -0.1) is 5.10 Å². The summed E-state index contributed by atoms with van der Waals surface area (Å²) in [6.45, 7) is 4.42. The maximum atomic E-state index is 12.9. The number of fused-ring (bicyclic) bond motifs is 2. The standard InChI is InChI=1S/C20H20F3N5O3/c1-11-14(12(2)28-19(24-11)26-18(27-28)20(21,22)23)5-7-17(29)25-13-4-6-15-16(10-13)31-9-3-8-30-15/h4,6,10H,3,5,7-9H2,1-2H3,(H,25,29). The third-order valence-electron chi connectivity index (χ3n) is 4.94. The van der Waals surface area contributed by atoms with Gasteiger partial charge in [-0.25, -0.2) is 9.50 Å². The molecule has 0 fully saturated rings. The minimum absolute atomic E-state index is 0.115. The molecule has 0 aliphatic carbocycles. The van der Waals surface area contributed by atoms with Crippen LogP contribution in [-0.4, -0.2) is 38.7 Å². The summed E-state index contributed by atoms with van der Waals surface area (Å²) in [5, 5.41) is 6.32. The fraction of sp³-hybridized carbons (Fsp3) is 0.400. The molecule has 0 spiro atoms. The number of nitrogens with zero attached hydrogens (tertiary/aromatic N) is 4. The Morgan fingerprint density at radius 3 is 2.65 bits per heavy atom. The van der Waals surface area contributed by atoms with Crippen LogP contribution in [0.3, 0.4) is 0 Å². The van der Waals surface area contributed by atoms with E-state index in [0.717, 1.165) is 10.9 Å². The maximum absolute atomic E-state index is 12.9. The molecule has 2 aromatic heterocycles. The minimum atomic E-state index is -4.66. The Labute approximate surface area is 175 Å². The van der Waals surface area contributed by atoms with E-state index in [0.29, 0.717) is 47.4 Å². The number of carbonyl (C=O) groups is 1. The van der Waals surface area contributed by atoms with Gasteiger partial charge >= 0.3 is 6.18 Å². The van der Waals surface area contributed by atoms with E-state index in [2.05, 4.69) is 20.4 Å². The van der Waals surface area contributed by atoms with E-state index < -0.39 is 12.0 Å². The van der Waals surface area contributed by atoms with Crippen molar-refractivity contribution in [2.75, 3.05) is 18.5 Å². The minimum Gasteiger partial charge on any atom is -0.490 e. The van der Waals surface area contributed by atoms with Crippen LogP contribution in [0.25, 0.3) is 5.78 Å². The van der Waals surface area contributed by atoms with E-state index in [4.69, 9.17) is 9.47 Å². The predicted octanol–water partition coefficient (Wildman–Crippen LogP) is 3.49. The Hall–Kier alpha value is -3.37. The molecule has 3 heterocycles. The zero-order valence-electron chi connectivity index (χ0n) is 16.9. The van der Waals surface area contributed by atoms with Crippen LogP contribution >= 0.6 is 0 Å². The van der Waals surface area contributed by atoms with Crippen LogP contribution in [0.4, 0.5) is 18.9 Å². The van der Waals surface area contributed by atoms with E-state index >= 15 is 0 Å². The molecule has 0 atom stereocenters. The first-order valence-corrected chi connectivity index (χ1v) is 9.72. The summed E-state index contributed by atoms with van der Waals surface area (Å²) in [6.07, 6.45) is -3.47. The number of halogens is 3. The Morgan fingerprint density at radius 2 is 1.90 bits per heavy atom. The molecule has 4 rings (SSSR count). The summed E-state index contributed by atoms with van der Waals surface area (Å²) >= 11 is 0. The van der Waals surface area contributed by atoms with Crippen molar-refractivity contribution in [1.82, 2.24) is 19.6 Å². The number of amides is 1. The highest BCUT2D eigenvalue weighted by atomic mass is 19.4. The largest absolute Gasteiger partial charge is 0.490 e. The van der Waals surface area contributed by atoms with Crippen molar-refractivity contribution in [2.45, 2.75) is 39.3 Å². The number of aromatic nitrogens is 4. The average molecular weight is 435 g/mol. The number of ether oxygens (including phenoxy) is 2. The fourth-order valence-electron chi connectivity index (χ4n) is 3.39. The first-order chi connectivity index (χ1) is 14.7. The van der Waals surface area contributed by atoms with Crippen molar-refractivity contribution in [3.05, 3.63) is 41.0 Å². The maximum Gasteiger partial charge on any atom is 0.453 e. The van der Waals surface area contributed by atoms with E-state index in [1.54, 1.807) is 32.0 Å². The molecule has 11 heteroatoms. The quantitative estimate of drug-likeness (QED) is 0.675.